The van der Waals surface area contributed by atoms with Crippen LogP contribution in [0, 0.1) is 0 Å². The number of fused-ring (bicyclic) bond motifs is 1. The van der Waals surface area contributed by atoms with Gasteiger partial charge in [-0.25, -0.2) is 4.79 Å². The molecule has 0 unspecified atom stereocenters. The van der Waals surface area contributed by atoms with E-state index in [9.17, 15) is 15.0 Å². The van der Waals surface area contributed by atoms with Crippen molar-refractivity contribution in [2.24, 2.45) is 0 Å². The van der Waals surface area contributed by atoms with E-state index >= 15 is 0 Å². The molecule has 6 heteroatoms. The Morgan fingerprint density at radius 3 is 1.69 bits per heavy atom. The molecule has 0 amide bonds. The van der Waals surface area contributed by atoms with Crippen LogP contribution in [0.25, 0.3) is 0 Å². The van der Waals surface area contributed by atoms with E-state index in [0.717, 1.165) is 16.7 Å². The van der Waals surface area contributed by atoms with Crippen LogP contribution in [0.3, 0.4) is 0 Å². The average Bonchev–Trinajstić information content (AvgIpc) is 2.91. The molecule has 0 spiro atoms. The van der Waals surface area contributed by atoms with E-state index in [-0.39, 0.29) is 68.4 Å². The van der Waals surface area contributed by atoms with Crippen molar-refractivity contribution in [1.29, 1.82) is 0 Å². The first kappa shape index (κ1) is 20.6. The molecule has 1 heterocycles. The molecule has 0 aliphatic carbocycles. The molecule has 3 N–H and O–H groups in total. The molecule has 3 aromatic rings. The Hall–Kier alpha value is -1.67. The number of phenols is 2. The summed E-state index contributed by atoms with van der Waals surface area (Å²) >= 11 is 0. The van der Waals surface area contributed by atoms with Crippen molar-refractivity contribution in [3.05, 3.63) is 95.1 Å². The second-order valence-corrected chi connectivity index (χ2v) is 5.71. The summed E-state index contributed by atoms with van der Waals surface area (Å²) < 4.78 is 5.87. The number of hydrogen-bond donors (Lipinski definition) is 2. The first-order valence-corrected chi connectivity index (χ1v) is 7.53. The van der Waals surface area contributed by atoms with Gasteiger partial charge in [0.05, 0.1) is 5.56 Å². The van der Waals surface area contributed by atoms with Crippen LogP contribution in [0.2, 0.25) is 0 Å². The van der Waals surface area contributed by atoms with Crippen LogP contribution >= 0.6 is 0 Å². The van der Waals surface area contributed by atoms with Gasteiger partial charge in [0.1, 0.15) is 11.5 Å². The van der Waals surface area contributed by atoms with Gasteiger partial charge in [-0.1, -0.05) is 42.5 Å². The van der Waals surface area contributed by atoms with Gasteiger partial charge in [0.25, 0.3) is 0 Å². The van der Waals surface area contributed by atoms with Gasteiger partial charge < -0.3 is 20.4 Å². The van der Waals surface area contributed by atoms with Gasteiger partial charge in [0, 0.05) is 16.7 Å². The Morgan fingerprint density at radius 2 is 1.19 bits per heavy atom. The number of carbonyl (C=O) groups excluding carboxylic acids is 1. The predicted octanol–water partition coefficient (Wildman–Crippen LogP) is 0.387. The van der Waals surface area contributed by atoms with Crippen molar-refractivity contribution in [2.45, 2.75) is 5.60 Å². The first-order valence-electron chi connectivity index (χ1n) is 7.53. The molecule has 0 saturated carbocycles. The summed E-state index contributed by atoms with van der Waals surface area (Å²) in [6.07, 6.45) is 0. The van der Waals surface area contributed by atoms with E-state index in [1.165, 1.54) is 0 Å². The maximum absolute atomic E-state index is 12.4. The second kappa shape index (κ2) is 7.92. The quantitative estimate of drug-likeness (QED) is 0.500. The molecule has 1 aliphatic heterocycles. The van der Waals surface area contributed by atoms with Crippen LogP contribution in [0.5, 0.6) is 11.5 Å². The third kappa shape index (κ3) is 3.20. The van der Waals surface area contributed by atoms with Gasteiger partial charge >= 0.3 is 57.4 Å². The molecule has 1 aliphatic rings. The van der Waals surface area contributed by atoms with Gasteiger partial charge in [0.15, 0.2) is 5.60 Å². The average molecular weight is 374 g/mol. The van der Waals surface area contributed by atoms with Crippen molar-refractivity contribution < 1.29 is 76.6 Å². The normalized spacial score (nSPS) is 13.8. The maximum Gasteiger partial charge on any atom is 1.00 e. The number of benzene rings is 3. The Labute approximate surface area is 193 Å². The van der Waals surface area contributed by atoms with Crippen LogP contribution < -0.4 is 51.4 Å². The zero-order valence-electron chi connectivity index (χ0n) is 14.1. The Kier molecular flexibility index (Phi) is 6.28. The summed E-state index contributed by atoms with van der Waals surface area (Å²) in [5.41, 5.74) is 1.60. The van der Waals surface area contributed by atoms with E-state index in [2.05, 4.69) is 0 Å². The molecule has 0 radical (unpaired) electrons. The van der Waals surface area contributed by atoms with Crippen LogP contribution in [-0.4, -0.2) is 21.7 Å². The summed E-state index contributed by atoms with van der Waals surface area (Å²) in [6.45, 7) is 0. The Morgan fingerprint density at radius 1 is 0.731 bits per heavy atom. The molecular formula is C20H15KO5. The summed E-state index contributed by atoms with van der Waals surface area (Å²) in [7, 11) is 0. The molecule has 0 bridgehead atoms. The van der Waals surface area contributed by atoms with Gasteiger partial charge in [-0.3, -0.25) is 0 Å². The van der Waals surface area contributed by atoms with Crippen LogP contribution in [0.4, 0.5) is 0 Å². The second-order valence-electron chi connectivity index (χ2n) is 5.71. The van der Waals surface area contributed by atoms with Crippen LogP contribution in [-0.2, 0) is 10.3 Å². The minimum atomic E-state index is -1.10. The number of aromatic hydroxyl groups is 2. The molecule has 0 atom stereocenters. The Bertz CT molecular complexity index is 874. The number of phenolic OH excluding ortho intramolecular Hbond substituents is 2. The van der Waals surface area contributed by atoms with E-state index in [0.29, 0.717) is 5.56 Å². The molecule has 5 nitrogen and oxygen atoms in total. The molecule has 4 rings (SSSR count). The van der Waals surface area contributed by atoms with Gasteiger partial charge in [-0.2, -0.15) is 0 Å². The topological polar surface area (TPSA) is 96.8 Å². The van der Waals surface area contributed by atoms with Crippen molar-refractivity contribution in [1.82, 2.24) is 0 Å². The number of hydrogen-bond acceptors (Lipinski definition) is 5. The minimum Gasteiger partial charge on any atom is -0.870 e. The van der Waals surface area contributed by atoms with Crippen molar-refractivity contribution in [3.8, 4) is 11.5 Å². The van der Waals surface area contributed by atoms with Gasteiger partial charge in [-0.05, 0) is 30.3 Å². The maximum atomic E-state index is 12.4. The largest absolute Gasteiger partial charge is 1.00 e. The fraction of sp³-hybridized carbons (Fsp3) is 0.0500. The molecule has 126 valence electrons. The summed E-state index contributed by atoms with van der Waals surface area (Å²) in [6, 6.07) is 20.4. The Balaban J connectivity index is 0.00000121. The minimum absolute atomic E-state index is 0. The number of carbonyl (C=O) groups is 1. The fourth-order valence-corrected chi connectivity index (χ4v) is 3.20. The zero-order valence-corrected chi connectivity index (χ0v) is 17.2. The van der Waals surface area contributed by atoms with Crippen LogP contribution in [0.15, 0.2) is 72.8 Å². The summed E-state index contributed by atoms with van der Waals surface area (Å²) in [5, 5.41) is 19.2. The molecule has 3 aromatic carbocycles. The van der Waals surface area contributed by atoms with Crippen molar-refractivity contribution in [3.63, 3.8) is 0 Å². The molecule has 26 heavy (non-hydrogen) atoms. The van der Waals surface area contributed by atoms with Gasteiger partial charge in [-0.15, -0.1) is 0 Å². The smallest absolute Gasteiger partial charge is 0.870 e. The third-order valence-electron chi connectivity index (χ3n) is 4.32. The predicted molar refractivity (Wildman–Crippen MR) is 89.9 cm³/mol. The summed E-state index contributed by atoms with van der Waals surface area (Å²) in [5.74, 6) is -0.124. The zero-order chi connectivity index (χ0) is 16.7. The van der Waals surface area contributed by atoms with Crippen molar-refractivity contribution in [2.75, 3.05) is 0 Å². The molecule has 0 aromatic heterocycles. The third-order valence-corrected chi connectivity index (χ3v) is 4.32. The number of rotatable bonds is 2. The first-order chi connectivity index (χ1) is 11.6. The van der Waals surface area contributed by atoms with E-state index in [1.54, 1.807) is 60.7 Å². The number of ether oxygens (including phenoxy) is 1. The van der Waals surface area contributed by atoms with E-state index in [1.807, 2.05) is 12.1 Å². The monoisotopic (exact) mass is 374 g/mol. The molecular weight excluding hydrogens is 359 g/mol. The van der Waals surface area contributed by atoms with E-state index in [4.69, 9.17) is 4.74 Å². The van der Waals surface area contributed by atoms with E-state index < -0.39 is 11.6 Å². The standard InChI is InChI=1S/C20H14O4.K.H2O/c21-15-9-5-13(6-10-15)20(14-7-11-16(22)12-8-14)18-4-2-1-3-17(18)19(23)24-20;;/h1-12,21-22H;;1H2/q;+1;/p-1. The van der Waals surface area contributed by atoms with Crippen LogP contribution in [0.1, 0.15) is 27.0 Å². The number of cyclic esters (lactones) is 1. The molecule has 0 fully saturated rings. The van der Waals surface area contributed by atoms with Gasteiger partial charge in [0.2, 0.25) is 0 Å². The van der Waals surface area contributed by atoms with Crippen molar-refractivity contribution >= 4 is 5.97 Å². The SMILES string of the molecule is O=C1OC(c2ccc(O)cc2)(c2ccc(O)cc2)c2ccccc21.[K+].[OH-]. The molecule has 0 saturated heterocycles. The number of esters is 1. The summed E-state index contributed by atoms with van der Waals surface area (Å²) in [4.78, 5) is 12.4. The fourth-order valence-electron chi connectivity index (χ4n) is 3.20.